The molecule has 1 aromatic heterocycles. The van der Waals surface area contributed by atoms with Crippen LogP contribution >= 0.6 is 0 Å². The van der Waals surface area contributed by atoms with Crippen molar-refractivity contribution in [3.05, 3.63) is 58.8 Å². The van der Waals surface area contributed by atoms with E-state index >= 15 is 0 Å². The van der Waals surface area contributed by atoms with Gasteiger partial charge in [0.1, 0.15) is 0 Å². The van der Waals surface area contributed by atoms with Crippen LogP contribution in [0.15, 0.2) is 36.4 Å². The highest BCUT2D eigenvalue weighted by Crippen LogP contribution is 2.35. The summed E-state index contributed by atoms with van der Waals surface area (Å²) in [5, 5.41) is 4.19. The fourth-order valence-electron chi connectivity index (χ4n) is 3.89. The molecule has 0 saturated carbocycles. The molecule has 2 heterocycles. The normalized spacial score (nSPS) is 13.8. The first-order valence-electron chi connectivity index (χ1n) is 9.93. The molecule has 6 heteroatoms. The zero-order valence-electron chi connectivity index (χ0n) is 17.3. The second-order valence-corrected chi connectivity index (χ2v) is 7.64. The van der Waals surface area contributed by atoms with Crippen LogP contribution in [-0.4, -0.2) is 43.2 Å². The van der Waals surface area contributed by atoms with E-state index < -0.39 is 0 Å². The number of benzene rings is 2. The van der Waals surface area contributed by atoms with Gasteiger partial charge in [-0.1, -0.05) is 13.0 Å². The molecular weight excluding hydrogens is 366 g/mol. The van der Waals surface area contributed by atoms with E-state index in [9.17, 15) is 4.79 Å². The van der Waals surface area contributed by atoms with E-state index in [0.717, 1.165) is 34.4 Å². The number of hydrogen-bond donors (Lipinski definition) is 2. The molecule has 6 nitrogen and oxygen atoms in total. The summed E-state index contributed by atoms with van der Waals surface area (Å²) in [4.78, 5) is 18.4. The lowest BCUT2D eigenvalue weighted by atomic mass is 10.0. The Labute approximate surface area is 170 Å². The Morgan fingerprint density at radius 2 is 1.97 bits per heavy atom. The highest BCUT2D eigenvalue weighted by atomic mass is 16.7. The van der Waals surface area contributed by atoms with E-state index in [0.29, 0.717) is 12.1 Å². The first-order valence-corrected chi connectivity index (χ1v) is 9.93. The maximum Gasteiger partial charge on any atom is 0.251 e. The number of aromatic nitrogens is 1. The van der Waals surface area contributed by atoms with Crippen molar-refractivity contribution >= 4 is 16.8 Å². The first kappa shape index (κ1) is 19.3. The summed E-state index contributed by atoms with van der Waals surface area (Å²) in [6.07, 6.45) is 0.947. The van der Waals surface area contributed by atoms with Crippen LogP contribution in [0.5, 0.6) is 11.5 Å². The summed E-state index contributed by atoms with van der Waals surface area (Å²) < 4.78 is 10.9. The summed E-state index contributed by atoms with van der Waals surface area (Å²) in [7, 11) is 4.01. The molecule has 3 aromatic rings. The van der Waals surface area contributed by atoms with E-state index in [1.165, 1.54) is 11.3 Å². The van der Waals surface area contributed by atoms with Crippen molar-refractivity contribution < 1.29 is 14.3 Å². The maximum atomic E-state index is 12.8. The smallest absolute Gasteiger partial charge is 0.251 e. The Morgan fingerprint density at radius 1 is 1.17 bits per heavy atom. The van der Waals surface area contributed by atoms with Gasteiger partial charge < -0.3 is 24.7 Å². The van der Waals surface area contributed by atoms with Crippen LogP contribution < -0.4 is 14.8 Å². The summed E-state index contributed by atoms with van der Waals surface area (Å²) >= 11 is 0. The zero-order valence-corrected chi connectivity index (χ0v) is 17.3. The fourth-order valence-corrected chi connectivity index (χ4v) is 3.89. The second-order valence-electron chi connectivity index (χ2n) is 7.64. The molecule has 0 spiro atoms. The van der Waals surface area contributed by atoms with Crippen LogP contribution in [0.1, 0.15) is 40.1 Å². The van der Waals surface area contributed by atoms with E-state index in [2.05, 4.69) is 29.0 Å². The summed E-state index contributed by atoms with van der Waals surface area (Å²) in [6.45, 7) is 4.97. The van der Waals surface area contributed by atoms with Crippen molar-refractivity contribution in [1.29, 1.82) is 0 Å². The van der Waals surface area contributed by atoms with Crippen molar-refractivity contribution in [2.75, 3.05) is 27.4 Å². The van der Waals surface area contributed by atoms with Crippen LogP contribution in [0.3, 0.4) is 0 Å². The lowest BCUT2D eigenvalue weighted by Crippen LogP contribution is -2.34. The molecule has 0 bridgehead atoms. The molecule has 1 atom stereocenters. The maximum absolute atomic E-state index is 12.8. The number of nitrogens with one attached hydrogen (secondary N) is 2. The Hall–Kier alpha value is -2.99. The predicted octanol–water partition coefficient (Wildman–Crippen LogP) is 3.80. The van der Waals surface area contributed by atoms with Gasteiger partial charge in [0.2, 0.25) is 6.79 Å². The molecule has 2 N–H and O–H groups in total. The molecule has 152 valence electrons. The molecule has 0 saturated heterocycles. The van der Waals surface area contributed by atoms with Crippen molar-refractivity contribution in [3.63, 3.8) is 0 Å². The molecule has 0 aliphatic carbocycles. The first-order chi connectivity index (χ1) is 14.0. The van der Waals surface area contributed by atoms with Gasteiger partial charge in [-0.2, -0.15) is 0 Å². The van der Waals surface area contributed by atoms with Crippen LogP contribution in [-0.2, 0) is 6.42 Å². The number of aryl methyl sites for hydroxylation is 2. The Kier molecular flexibility index (Phi) is 5.20. The minimum Gasteiger partial charge on any atom is -0.454 e. The lowest BCUT2D eigenvalue weighted by molar-refractivity contribution is 0.0942. The SMILES string of the molecule is CCc1[nH]c2ccc(C(=O)NC[C@H](c3ccc4c(c3)OCO4)N(C)C)cc2c1C. The standard InChI is InChI=1S/C23H27N3O3/c1-5-18-14(2)17-10-16(6-8-19(17)25-18)23(27)24-12-20(26(3)4)15-7-9-21-22(11-15)29-13-28-21/h6-11,20,25H,5,12-13H2,1-4H3,(H,24,27)/t20-/m1/s1. The predicted molar refractivity (Wildman–Crippen MR) is 114 cm³/mol. The number of likely N-dealkylation sites (N-methyl/N-ethyl adjacent to an activating group) is 1. The number of rotatable bonds is 6. The molecule has 0 radical (unpaired) electrons. The highest BCUT2D eigenvalue weighted by molar-refractivity contribution is 5.99. The van der Waals surface area contributed by atoms with E-state index in [1.807, 2.05) is 50.5 Å². The van der Waals surface area contributed by atoms with E-state index in [-0.39, 0.29) is 18.7 Å². The minimum absolute atomic E-state index is 0.0258. The average molecular weight is 393 g/mol. The van der Waals surface area contributed by atoms with E-state index in [1.54, 1.807) is 0 Å². The third-order valence-electron chi connectivity index (χ3n) is 5.64. The summed E-state index contributed by atoms with van der Waals surface area (Å²) in [5.41, 5.74) is 5.24. The third-order valence-corrected chi connectivity index (χ3v) is 5.64. The van der Waals surface area contributed by atoms with Crippen molar-refractivity contribution in [2.45, 2.75) is 26.3 Å². The number of nitrogens with zero attached hydrogens (tertiary/aromatic N) is 1. The quantitative estimate of drug-likeness (QED) is 0.669. The van der Waals surface area contributed by atoms with Gasteiger partial charge in [-0.05, 0) is 68.9 Å². The highest BCUT2D eigenvalue weighted by Gasteiger charge is 2.20. The minimum atomic E-state index is -0.0712. The van der Waals surface area contributed by atoms with Gasteiger partial charge in [0.25, 0.3) is 5.91 Å². The topological polar surface area (TPSA) is 66.6 Å². The molecule has 1 aliphatic heterocycles. The Morgan fingerprint density at radius 3 is 2.72 bits per heavy atom. The van der Waals surface area contributed by atoms with Gasteiger partial charge in [-0.25, -0.2) is 0 Å². The molecule has 29 heavy (non-hydrogen) atoms. The lowest BCUT2D eigenvalue weighted by Gasteiger charge is -2.25. The fraction of sp³-hybridized carbons (Fsp3) is 0.348. The van der Waals surface area contributed by atoms with Gasteiger partial charge in [0, 0.05) is 28.7 Å². The van der Waals surface area contributed by atoms with Gasteiger partial charge in [0.15, 0.2) is 11.5 Å². The number of fused-ring (bicyclic) bond motifs is 2. The van der Waals surface area contributed by atoms with Crippen LogP contribution in [0, 0.1) is 6.92 Å². The van der Waals surface area contributed by atoms with E-state index in [4.69, 9.17) is 9.47 Å². The van der Waals surface area contributed by atoms with Crippen molar-refractivity contribution in [1.82, 2.24) is 15.2 Å². The Balaban J connectivity index is 1.51. The monoisotopic (exact) mass is 393 g/mol. The third kappa shape index (κ3) is 3.68. The number of carbonyl (C=O) groups excluding carboxylic acids is 1. The van der Waals surface area contributed by atoms with Crippen LogP contribution in [0.2, 0.25) is 0 Å². The van der Waals surface area contributed by atoms with Crippen molar-refractivity contribution in [3.8, 4) is 11.5 Å². The zero-order chi connectivity index (χ0) is 20.5. The molecule has 1 amide bonds. The largest absolute Gasteiger partial charge is 0.454 e. The van der Waals surface area contributed by atoms with Gasteiger partial charge >= 0.3 is 0 Å². The molecule has 0 unspecified atom stereocenters. The number of H-pyrrole nitrogens is 1. The van der Waals surface area contributed by atoms with Crippen molar-refractivity contribution in [2.24, 2.45) is 0 Å². The molecule has 1 aliphatic rings. The summed E-state index contributed by atoms with van der Waals surface area (Å²) in [5.74, 6) is 1.44. The molecule has 0 fully saturated rings. The number of carbonyl (C=O) groups is 1. The van der Waals surface area contributed by atoms with Gasteiger partial charge in [-0.3, -0.25) is 4.79 Å². The number of aromatic amines is 1. The second kappa shape index (κ2) is 7.79. The summed E-state index contributed by atoms with van der Waals surface area (Å²) in [6, 6.07) is 11.8. The molecule has 2 aromatic carbocycles. The number of ether oxygens (including phenoxy) is 2. The number of hydrogen-bond acceptors (Lipinski definition) is 4. The molecule has 4 rings (SSSR count). The average Bonchev–Trinajstić information content (AvgIpc) is 3.31. The van der Waals surface area contributed by atoms with Gasteiger partial charge in [-0.15, -0.1) is 0 Å². The Bertz CT molecular complexity index is 1050. The van der Waals surface area contributed by atoms with Gasteiger partial charge in [0.05, 0.1) is 6.04 Å². The van der Waals surface area contributed by atoms with Crippen LogP contribution in [0.25, 0.3) is 10.9 Å². The number of amides is 1. The molecular formula is C23H27N3O3. The van der Waals surface area contributed by atoms with Crippen LogP contribution in [0.4, 0.5) is 0 Å².